The fourth-order valence-corrected chi connectivity index (χ4v) is 0.760. The molecule has 1 aromatic rings. The van der Waals surface area contributed by atoms with Crippen molar-refractivity contribution in [2.45, 2.75) is 0 Å². The van der Waals surface area contributed by atoms with Crippen LogP contribution in [0.5, 0.6) is 0 Å². The van der Waals surface area contributed by atoms with Gasteiger partial charge < -0.3 is 0 Å². The van der Waals surface area contributed by atoms with Gasteiger partial charge in [0.25, 0.3) is 0 Å². The third kappa shape index (κ3) is 1.44. The van der Waals surface area contributed by atoms with Crippen LogP contribution in [0.2, 0.25) is 0 Å². The van der Waals surface area contributed by atoms with Crippen molar-refractivity contribution in [1.82, 2.24) is 0 Å². The number of nitrogens with zero attached hydrogens (tertiary/aromatic N) is 1. The summed E-state index contributed by atoms with van der Waals surface area (Å²) in [6.07, 6.45) is 2.47. The van der Waals surface area contributed by atoms with Crippen molar-refractivity contribution in [3.05, 3.63) is 47.8 Å². The second-order valence-corrected chi connectivity index (χ2v) is 1.98. The van der Waals surface area contributed by atoms with Crippen molar-refractivity contribution in [3.63, 3.8) is 0 Å². The molecule has 0 atom stereocenters. The summed E-state index contributed by atoms with van der Waals surface area (Å²) in [4.78, 5) is 0. The first-order valence-electron chi connectivity index (χ1n) is 3.00. The first-order chi connectivity index (χ1) is 5.27. The highest BCUT2D eigenvalue weighted by atomic mass is 19.1. The number of hydrogen-bond donors (Lipinski definition) is 0. The zero-order valence-electron chi connectivity index (χ0n) is 5.76. The van der Waals surface area contributed by atoms with Crippen LogP contribution in [-0.4, -0.2) is 0 Å². The van der Waals surface area contributed by atoms with Gasteiger partial charge >= 0.3 is 0 Å². The maximum absolute atomic E-state index is 12.5. The molecule has 0 aromatic heterocycles. The second-order valence-electron chi connectivity index (χ2n) is 1.98. The zero-order chi connectivity index (χ0) is 8.27. The average Bonchev–Trinajstić information content (AvgIpc) is 2.04. The van der Waals surface area contributed by atoms with Crippen molar-refractivity contribution in [3.8, 4) is 6.07 Å². The third-order valence-electron chi connectivity index (χ3n) is 1.29. The van der Waals surface area contributed by atoms with E-state index in [0.29, 0.717) is 11.1 Å². The summed E-state index contributed by atoms with van der Waals surface area (Å²) in [6.45, 7) is 3.34. The molecule has 53 valence electrons. The lowest BCUT2D eigenvalue weighted by molar-refractivity contribution is 0.627. The summed E-state index contributed by atoms with van der Waals surface area (Å²) < 4.78 is 12.5. The molecular formula is C9H5FN. The van der Waals surface area contributed by atoms with Crippen LogP contribution in [-0.2, 0) is 0 Å². The topological polar surface area (TPSA) is 23.8 Å². The van der Waals surface area contributed by atoms with Crippen molar-refractivity contribution < 1.29 is 4.39 Å². The molecule has 0 heterocycles. The molecular weight excluding hydrogens is 141 g/mol. The lowest BCUT2D eigenvalue weighted by Gasteiger charge is -1.94. The van der Waals surface area contributed by atoms with E-state index < -0.39 is 0 Å². The molecule has 0 saturated carbocycles. The average molecular weight is 146 g/mol. The molecule has 0 aliphatic rings. The molecule has 0 spiro atoms. The molecule has 11 heavy (non-hydrogen) atoms. The molecule has 0 aliphatic carbocycles. The standard InChI is InChI=1S/C9H5FN/c1-2-7-5-9(10)4-3-8(7)6-11/h3-5H,1H2. The molecule has 0 N–H and O–H groups in total. The number of rotatable bonds is 1. The Morgan fingerprint density at radius 3 is 2.64 bits per heavy atom. The largest absolute Gasteiger partial charge is 0.207 e. The highest BCUT2D eigenvalue weighted by molar-refractivity contribution is 5.40. The van der Waals surface area contributed by atoms with Crippen LogP contribution in [0.25, 0.3) is 0 Å². The van der Waals surface area contributed by atoms with E-state index in [4.69, 9.17) is 5.26 Å². The monoisotopic (exact) mass is 146 g/mol. The Kier molecular flexibility index (Phi) is 2.03. The van der Waals surface area contributed by atoms with E-state index in [1.165, 1.54) is 18.2 Å². The molecule has 0 saturated heterocycles. The predicted molar refractivity (Wildman–Crippen MR) is 39.1 cm³/mol. The Morgan fingerprint density at radius 2 is 2.09 bits per heavy atom. The summed E-state index contributed by atoms with van der Waals surface area (Å²) >= 11 is 0. The molecule has 0 fully saturated rings. The Balaban J connectivity index is 3.30. The minimum atomic E-state index is -0.379. The smallest absolute Gasteiger partial charge is 0.123 e. The number of hydrogen-bond acceptors (Lipinski definition) is 1. The first-order valence-corrected chi connectivity index (χ1v) is 3.00. The predicted octanol–water partition coefficient (Wildman–Crippen LogP) is 2.03. The van der Waals surface area contributed by atoms with E-state index in [9.17, 15) is 4.39 Å². The van der Waals surface area contributed by atoms with E-state index in [2.05, 4.69) is 12.7 Å². The summed E-state index contributed by atoms with van der Waals surface area (Å²) in [5.74, 6) is -0.379. The zero-order valence-corrected chi connectivity index (χ0v) is 5.76. The molecule has 1 nitrogen and oxygen atoms in total. The fraction of sp³-hybridized carbons (Fsp3) is 0. The van der Waals surface area contributed by atoms with E-state index in [-0.39, 0.29) is 5.82 Å². The van der Waals surface area contributed by atoms with E-state index in [0.717, 1.165) is 0 Å². The van der Waals surface area contributed by atoms with Crippen LogP contribution < -0.4 is 0 Å². The van der Waals surface area contributed by atoms with Crippen LogP contribution in [0.1, 0.15) is 11.1 Å². The van der Waals surface area contributed by atoms with Crippen LogP contribution in [0.4, 0.5) is 4.39 Å². The van der Waals surface area contributed by atoms with Crippen molar-refractivity contribution in [2.24, 2.45) is 0 Å². The van der Waals surface area contributed by atoms with Gasteiger partial charge in [-0.3, -0.25) is 0 Å². The Hall–Kier alpha value is -1.62. The summed E-state index contributed by atoms with van der Waals surface area (Å²) in [6, 6.07) is 5.77. The van der Waals surface area contributed by atoms with Gasteiger partial charge in [0.15, 0.2) is 0 Å². The molecule has 0 amide bonds. The van der Waals surface area contributed by atoms with Gasteiger partial charge in [0, 0.05) is 5.56 Å². The number of benzene rings is 1. The minimum Gasteiger partial charge on any atom is -0.207 e. The first kappa shape index (κ1) is 7.49. The summed E-state index contributed by atoms with van der Waals surface area (Å²) in [7, 11) is 0. The quantitative estimate of drug-likeness (QED) is 0.594. The normalized spacial score (nSPS) is 8.73. The summed E-state index contributed by atoms with van der Waals surface area (Å²) in [5, 5.41) is 8.50. The molecule has 1 radical (unpaired) electrons. The molecule has 0 bridgehead atoms. The van der Waals surface area contributed by atoms with E-state index >= 15 is 0 Å². The molecule has 2 heteroatoms. The van der Waals surface area contributed by atoms with Gasteiger partial charge in [-0.2, -0.15) is 5.26 Å². The van der Waals surface area contributed by atoms with Crippen LogP contribution in [0, 0.1) is 23.2 Å². The molecule has 0 unspecified atom stereocenters. The van der Waals surface area contributed by atoms with Crippen molar-refractivity contribution in [2.75, 3.05) is 0 Å². The van der Waals surface area contributed by atoms with Crippen molar-refractivity contribution in [1.29, 1.82) is 5.26 Å². The SMILES string of the molecule is C=[C]c1cc(F)ccc1C#N. The lowest BCUT2D eigenvalue weighted by atomic mass is 10.1. The maximum atomic E-state index is 12.5. The third-order valence-corrected chi connectivity index (χ3v) is 1.29. The highest BCUT2D eigenvalue weighted by Gasteiger charge is 1.98. The van der Waals surface area contributed by atoms with Crippen molar-refractivity contribution >= 4 is 0 Å². The maximum Gasteiger partial charge on any atom is 0.123 e. The van der Waals surface area contributed by atoms with Crippen LogP contribution in [0.3, 0.4) is 0 Å². The highest BCUT2D eigenvalue weighted by Crippen LogP contribution is 2.09. The Morgan fingerprint density at radius 1 is 1.36 bits per heavy atom. The van der Waals surface area contributed by atoms with Gasteiger partial charge in [-0.15, -0.1) is 0 Å². The van der Waals surface area contributed by atoms with E-state index in [1.807, 2.05) is 6.07 Å². The second kappa shape index (κ2) is 2.98. The number of nitriles is 1. The minimum absolute atomic E-state index is 0.379. The van der Waals surface area contributed by atoms with E-state index in [1.54, 1.807) is 0 Å². The van der Waals surface area contributed by atoms with Gasteiger partial charge in [0.1, 0.15) is 5.82 Å². The Bertz CT molecular complexity index is 323. The van der Waals surface area contributed by atoms with Gasteiger partial charge in [-0.25, -0.2) is 4.39 Å². The van der Waals surface area contributed by atoms with Gasteiger partial charge in [-0.1, -0.05) is 6.58 Å². The molecule has 0 aliphatic heterocycles. The summed E-state index contributed by atoms with van der Waals surface area (Å²) in [5.41, 5.74) is 0.800. The fourth-order valence-electron chi connectivity index (χ4n) is 0.760. The Labute approximate surface area is 64.4 Å². The van der Waals surface area contributed by atoms with Gasteiger partial charge in [0.2, 0.25) is 0 Å². The van der Waals surface area contributed by atoms with Gasteiger partial charge in [-0.05, 0) is 24.3 Å². The molecule has 1 rings (SSSR count). The lowest BCUT2D eigenvalue weighted by Crippen LogP contribution is -1.84. The molecule has 1 aromatic carbocycles. The van der Waals surface area contributed by atoms with Crippen LogP contribution >= 0.6 is 0 Å². The van der Waals surface area contributed by atoms with Crippen LogP contribution in [0.15, 0.2) is 24.8 Å². The number of halogens is 1. The van der Waals surface area contributed by atoms with Gasteiger partial charge in [0.05, 0.1) is 11.6 Å².